The Hall–Kier alpha value is -1.12. The number of hydrogen-bond acceptors (Lipinski definition) is 2. The molecule has 0 aliphatic carbocycles. The van der Waals surface area contributed by atoms with Gasteiger partial charge in [0.05, 0.1) is 6.33 Å². The van der Waals surface area contributed by atoms with Crippen molar-refractivity contribution >= 4 is 0 Å². The lowest BCUT2D eigenvalue weighted by atomic mass is 10.2. The lowest BCUT2D eigenvalue weighted by Gasteiger charge is -2.06. The molecule has 0 amide bonds. The van der Waals surface area contributed by atoms with E-state index in [2.05, 4.69) is 4.98 Å². The molecule has 0 radical (unpaired) electrons. The Morgan fingerprint density at radius 1 is 1.64 bits per heavy atom. The van der Waals surface area contributed by atoms with Crippen LogP contribution in [0.4, 0.5) is 0 Å². The maximum Gasteiger partial charge on any atom is 0.275 e. The minimum atomic E-state index is -0.111. The SMILES string of the molecule is CCc1c(C)c(=O)ncn1C. The molecule has 0 aliphatic heterocycles. The van der Waals surface area contributed by atoms with Crippen LogP contribution in [0.5, 0.6) is 0 Å². The summed E-state index contributed by atoms with van der Waals surface area (Å²) in [7, 11) is 1.90. The van der Waals surface area contributed by atoms with Crippen molar-refractivity contribution in [3.63, 3.8) is 0 Å². The number of hydrogen-bond donors (Lipinski definition) is 0. The second-order valence-corrected chi connectivity index (χ2v) is 2.59. The van der Waals surface area contributed by atoms with Crippen LogP contribution in [0.25, 0.3) is 0 Å². The normalized spacial score (nSPS) is 10.1. The minimum Gasteiger partial charge on any atom is -0.339 e. The molecule has 3 heteroatoms. The van der Waals surface area contributed by atoms with Gasteiger partial charge in [-0.05, 0) is 13.3 Å². The fourth-order valence-corrected chi connectivity index (χ4v) is 1.21. The van der Waals surface area contributed by atoms with Crippen LogP contribution in [0.3, 0.4) is 0 Å². The molecule has 0 unspecified atom stereocenters. The molecule has 0 N–H and O–H groups in total. The summed E-state index contributed by atoms with van der Waals surface area (Å²) in [5.74, 6) is 0. The second-order valence-electron chi connectivity index (χ2n) is 2.59. The van der Waals surface area contributed by atoms with Crippen molar-refractivity contribution in [3.8, 4) is 0 Å². The Balaban J connectivity index is 3.41. The third-order valence-electron chi connectivity index (χ3n) is 1.86. The highest BCUT2D eigenvalue weighted by Gasteiger charge is 2.01. The molecular weight excluding hydrogens is 140 g/mol. The predicted octanol–water partition coefficient (Wildman–Crippen LogP) is 0.651. The molecule has 1 heterocycles. The van der Waals surface area contributed by atoms with Gasteiger partial charge in [-0.25, -0.2) is 0 Å². The Bertz CT molecular complexity index is 314. The number of rotatable bonds is 1. The first-order valence-corrected chi connectivity index (χ1v) is 3.68. The van der Waals surface area contributed by atoms with Crippen molar-refractivity contribution in [2.45, 2.75) is 20.3 Å². The summed E-state index contributed by atoms with van der Waals surface area (Å²) in [5.41, 5.74) is 1.71. The van der Waals surface area contributed by atoms with E-state index in [0.717, 1.165) is 17.7 Å². The highest BCUT2D eigenvalue weighted by molar-refractivity contribution is 5.14. The molecule has 0 aliphatic rings. The van der Waals surface area contributed by atoms with Crippen LogP contribution < -0.4 is 5.56 Å². The van der Waals surface area contributed by atoms with Gasteiger partial charge in [0, 0.05) is 18.3 Å². The Kier molecular flexibility index (Phi) is 2.08. The van der Waals surface area contributed by atoms with Crippen LogP contribution in [0.1, 0.15) is 18.2 Å². The average molecular weight is 152 g/mol. The standard InChI is InChI=1S/C8H12N2O/c1-4-7-6(2)8(11)9-5-10(7)3/h5H,4H2,1-3H3. The minimum absolute atomic E-state index is 0.111. The van der Waals surface area contributed by atoms with Crippen molar-refractivity contribution in [1.82, 2.24) is 9.55 Å². The average Bonchev–Trinajstić information content (AvgIpc) is 1.99. The third kappa shape index (κ3) is 1.31. The third-order valence-corrected chi connectivity index (χ3v) is 1.86. The van der Waals surface area contributed by atoms with E-state index in [1.54, 1.807) is 6.33 Å². The summed E-state index contributed by atoms with van der Waals surface area (Å²) in [6.07, 6.45) is 2.44. The summed E-state index contributed by atoms with van der Waals surface area (Å²) < 4.78 is 1.89. The molecule has 11 heavy (non-hydrogen) atoms. The van der Waals surface area contributed by atoms with E-state index in [9.17, 15) is 4.79 Å². The van der Waals surface area contributed by atoms with Gasteiger partial charge in [-0.3, -0.25) is 4.79 Å². The van der Waals surface area contributed by atoms with E-state index < -0.39 is 0 Å². The van der Waals surface area contributed by atoms with E-state index in [-0.39, 0.29) is 5.56 Å². The molecule has 0 atom stereocenters. The zero-order valence-electron chi connectivity index (χ0n) is 7.09. The molecule has 0 spiro atoms. The van der Waals surface area contributed by atoms with E-state index in [1.165, 1.54) is 0 Å². The van der Waals surface area contributed by atoms with Crippen molar-refractivity contribution in [3.05, 3.63) is 27.9 Å². The largest absolute Gasteiger partial charge is 0.339 e. The summed E-state index contributed by atoms with van der Waals surface area (Å²) in [6.45, 7) is 3.84. The zero-order chi connectivity index (χ0) is 8.43. The maximum atomic E-state index is 11.0. The molecule has 0 fully saturated rings. The first kappa shape index (κ1) is 7.98. The maximum absolute atomic E-state index is 11.0. The Morgan fingerprint density at radius 3 is 2.73 bits per heavy atom. The molecule has 0 bridgehead atoms. The quantitative estimate of drug-likeness (QED) is 0.592. The molecule has 1 aromatic rings. The van der Waals surface area contributed by atoms with Crippen molar-refractivity contribution < 1.29 is 0 Å². The van der Waals surface area contributed by atoms with Crippen molar-refractivity contribution in [2.24, 2.45) is 7.05 Å². The van der Waals surface area contributed by atoms with Gasteiger partial charge < -0.3 is 4.57 Å². The van der Waals surface area contributed by atoms with Crippen LogP contribution in [0, 0.1) is 6.92 Å². The van der Waals surface area contributed by atoms with Gasteiger partial charge in [-0.2, -0.15) is 4.98 Å². The lowest BCUT2D eigenvalue weighted by molar-refractivity contribution is 0.764. The molecule has 60 valence electrons. The zero-order valence-corrected chi connectivity index (χ0v) is 7.09. The van der Waals surface area contributed by atoms with Crippen LogP contribution in [-0.4, -0.2) is 9.55 Å². The molecule has 1 rings (SSSR count). The first-order valence-electron chi connectivity index (χ1n) is 3.68. The van der Waals surface area contributed by atoms with E-state index in [0.29, 0.717) is 0 Å². The topological polar surface area (TPSA) is 34.9 Å². The molecule has 0 saturated carbocycles. The molecule has 0 saturated heterocycles. The van der Waals surface area contributed by atoms with Gasteiger partial charge in [-0.15, -0.1) is 0 Å². The van der Waals surface area contributed by atoms with Crippen molar-refractivity contribution in [2.75, 3.05) is 0 Å². The van der Waals surface area contributed by atoms with Gasteiger partial charge in [0.1, 0.15) is 0 Å². The van der Waals surface area contributed by atoms with E-state index in [4.69, 9.17) is 0 Å². The Labute approximate surface area is 65.7 Å². The van der Waals surface area contributed by atoms with Crippen LogP contribution in [-0.2, 0) is 13.5 Å². The summed E-state index contributed by atoms with van der Waals surface area (Å²) in [4.78, 5) is 14.7. The summed E-state index contributed by atoms with van der Waals surface area (Å²) >= 11 is 0. The fourth-order valence-electron chi connectivity index (χ4n) is 1.21. The monoisotopic (exact) mass is 152 g/mol. The highest BCUT2D eigenvalue weighted by Crippen LogP contribution is 1.99. The van der Waals surface area contributed by atoms with Crippen molar-refractivity contribution in [1.29, 1.82) is 0 Å². The molecule has 3 nitrogen and oxygen atoms in total. The summed E-state index contributed by atoms with van der Waals surface area (Å²) in [6, 6.07) is 0. The van der Waals surface area contributed by atoms with E-state index in [1.807, 2.05) is 25.5 Å². The van der Waals surface area contributed by atoms with Crippen LogP contribution >= 0.6 is 0 Å². The molecule has 1 aromatic heterocycles. The van der Waals surface area contributed by atoms with Gasteiger partial charge >= 0.3 is 0 Å². The van der Waals surface area contributed by atoms with Gasteiger partial charge in [-0.1, -0.05) is 6.92 Å². The fraction of sp³-hybridized carbons (Fsp3) is 0.500. The lowest BCUT2D eigenvalue weighted by Crippen LogP contribution is -2.17. The molecule has 0 aromatic carbocycles. The number of aryl methyl sites for hydroxylation is 1. The van der Waals surface area contributed by atoms with Gasteiger partial charge in [0.15, 0.2) is 0 Å². The van der Waals surface area contributed by atoms with Crippen LogP contribution in [0.2, 0.25) is 0 Å². The second kappa shape index (κ2) is 2.86. The predicted molar refractivity (Wildman–Crippen MR) is 43.6 cm³/mol. The Morgan fingerprint density at radius 2 is 2.27 bits per heavy atom. The molecular formula is C8H12N2O. The number of aromatic nitrogens is 2. The summed E-state index contributed by atoms with van der Waals surface area (Å²) in [5, 5.41) is 0. The van der Waals surface area contributed by atoms with Gasteiger partial charge in [0.2, 0.25) is 0 Å². The smallest absolute Gasteiger partial charge is 0.275 e. The highest BCUT2D eigenvalue weighted by atomic mass is 16.1. The number of nitrogens with zero attached hydrogens (tertiary/aromatic N) is 2. The first-order chi connectivity index (χ1) is 5.16. The van der Waals surface area contributed by atoms with Crippen LogP contribution in [0.15, 0.2) is 11.1 Å². The van der Waals surface area contributed by atoms with E-state index >= 15 is 0 Å². The van der Waals surface area contributed by atoms with Gasteiger partial charge in [0.25, 0.3) is 5.56 Å².